The molecule has 0 saturated heterocycles. The molecule has 0 radical (unpaired) electrons. The summed E-state index contributed by atoms with van der Waals surface area (Å²) in [6.45, 7) is 14.3. The number of aryl methyl sites for hydroxylation is 1. The average molecular weight is 225 g/mol. The Morgan fingerprint density at radius 3 is 2.25 bits per heavy atom. The zero-order valence-electron chi connectivity index (χ0n) is 11.9. The van der Waals surface area contributed by atoms with Crippen LogP contribution in [0.3, 0.4) is 0 Å². The third-order valence-electron chi connectivity index (χ3n) is 1.93. The van der Waals surface area contributed by atoms with Gasteiger partial charge in [0.05, 0.1) is 0 Å². The van der Waals surface area contributed by atoms with Crippen molar-refractivity contribution in [3.05, 3.63) is 23.4 Å². The summed E-state index contributed by atoms with van der Waals surface area (Å²) in [5, 5.41) is 0. The van der Waals surface area contributed by atoms with E-state index in [0.29, 0.717) is 0 Å². The van der Waals surface area contributed by atoms with E-state index in [4.69, 9.17) is 4.42 Å². The van der Waals surface area contributed by atoms with Gasteiger partial charge in [-0.1, -0.05) is 47.1 Å². The van der Waals surface area contributed by atoms with Crippen LogP contribution < -0.4 is 0 Å². The Morgan fingerprint density at radius 1 is 1.25 bits per heavy atom. The van der Waals surface area contributed by atoms with Crippen molar-refractivity contribution in [3.8, 4) is 0 Å². The lowest BCUT2D eigenvalue weighted by Gasteiger charge is -1.94. The second-order valence-corrected chi connectivity index (χ2v) is 2.86. The molecule has 2 nitrogen and oxygen atoms in total. The van der Waals surface area contributed by atoms with Gasteiger partial charge < -0.3 is 4.42 Å². The van der Waals surface area contributed by atoms with Gasteiger partial charge in [0.15, 0.2) is 6.39 Å². The van der Waals surface area contributed by atoms with Crippen molar-refractivity contribution in [2.75, 3.05) is 0 Å². The molecular formula is C14H27NO. The molecule has 0 bridgehead atoms. The van der Waals surface area contributed by atoms with Gasteiger partial charge in [-0.15, -0.1) is 0 Å². The third kappa shape index (κ3) is 6.44. The zero-order chi connectivity index (χ0) is 13.0. The molecule has 0 amide bonds. The summed E-state index contributed by atoms with van der Waals surface area (Å²) < 4.78 is 5.20. The van der Waals surface area contributed by atoms with Crippen LogP contribution in [-0.2, 0) is 6.42 Å². The molecule has 1 heterocycles. The maximum atomic E-state index is 5.20. The second-order valence-electron chi connectivity index (χ2n) is 2.86. The van der Waals surface area contributed by atoms with Gasteiger partial charge in [-0.25, -0.2) is 4.98 Å². The van der Waals surface area contributed by atoms with Gasteiger partial charge in [0.1, 0.15) is 11.5 Å². The highest BCUT2D eigenvalue weighted by Crippen LogP contribution is 2.12. The number of oxazole rings is 1. The highest BCUT2D eigenvalue weighted by molar-refractivity contribution is 5.49. The van der Waals surface area contributed by atoms with Crippen molar-refractivity contribution >= 4 is 6.08 Å². The van der Waals surface area contributed by atoms with Crippen LogP contribution in [0.2, 0.25) is 0 Å². The van der Waals surface area contributed by atoms with E-state index in [0.717, 1.165) is 24.3 Å². The summed E-state index contributed by atoms with van der Waals surface area (Å²) in [6.07, 6.45) is 5.56. The number of rotatable bonds is 3. The molecule has 0 aromatic carbocycles. The van der Waals surface area contributed by atoms with Crippen molar-refractivity contribution in [2.24, 2.45) is 0 Å². The SMILES string of the molecule is CC.CC.CC/C(C)=C/c1ncoc1CC. The van der Waals surface area contributed by atoms with Crippen molar-refractivity contribution in [2.45, 2.75) is 61.3 Å². The quantitative estimate of drug-likeness (QED) is 0.715. The van der Waals surface area contributed by atoms with Crippen LogP contribution in [-0.4, -0.2) is 4.98 Å². The van der Waals surface area contributed by atoms with Gasteiger partial charge in [-0.2, -0.15) is 0 Å². The second kappa shape index (κ2) is 12.0. The number of hydrogen-bond acceptors (Lipinski definition) is 2. The summed E-state index contributed by atoms with van der Waals surface area (Å²) in [5.74, 6) is 0.975. The topological polar surface area (TPSA) is 26.0 Å². The lowest BCUT2D eigenvalue weighted by molar-refractivity contribution is 0.509. The zero-order valence-corrected chi connectivity index (χ0v) is 11.9. The van der Waals surface area contributed by atoms with Crippen molar-refractivity contribution < 1.29 is 4.42 Å². The fraction of sp³-hybridized carbons (Fsp3) is 0.643. The summed E-state index contributed by atoms with van der Waals surface area (Å²) >= 11 is 0. The average Bonchev–Trinajstić information content (AvgIpc) is 2.81. The van der Waals surface area contributed by atoms with E-state index < -0.39 is 0 Å². The molecular weight excluding hydrogens is 198 g/mol. The minimum absolute atomic E-state index is 0.906. The molecule has 1 aromatic rings. The smallest absolute Gasteiger partial charge is 0.181 e. The van der Waals surface area contributed by atoms with E-state index in [9.17, 15) is 0 Å². The molecule has 0 spiro atoms. The molecule has 0 saturated carbocycles. The van der Waals surface area contributed by atoms with E-state index in [1.54, 1.807) is 0 Å². The molecule has 2 heteroatoms. The molecule has 1 rings (SSSR count). The molecule has 0 fully saturated rings. The van der Waals surface area contributed by atoms with Crippen LogP contribution >= 0.6 is 0 Å². The van der Waals surface area contributed by atoms with Gasteiger partial charge in [0, 0.05) is 6.42 Å². The Labute approximate surface area is 101 Å². The van der Waals surface area contributed by atoms with Gasteiger partial charge in [0.2, 0.25) is 0 Å². The standard InChI is InChI=1S/C10H15NO.2C2H6/c1-4-8(3)6-9-10(5-2)12-7-11-9;2*1-2/h6-7H,4-5H2,1-3H3;2*1-2H3/b8-6+;;. The van der Waals surface area contributed by atoms with E-state index in [1.807, 2.05) is 27.7 Å². The summed E-state index contributed by atoms with van der Waals surface area (Å²) in [5.41, 5.74) is 2.32. The highest BCUT2D eigenvalue weighted by atomic mass is 16.3. The van der Waals surface area contributed by atoms with Crippen LogP contribution in [0, 0.1) is 0 Å². The molecule has 0 atom stereocenters. The predicted octanol–water partition coefficient (Wildman–Crippen LogP) is 5.10. The molecule has 0 aliphatic carbocycles. The minimum Gasteiger partial charge on any atom is -0.448 e. The molecule has 94 valence electrons. The molecule has 0 unspecified atom stereocenters. The Hall–Kier alpha value is -1.05. The van der Waals surface area contributed by atoms with E-state index in [-0.39, 0.29) is 0 Å². The Kier molecular flexibility index (Phi) is 13.0. The van der Waals surface area contributed by atoms with Gasteiger partial charge in [0.25, 0.3) is 0 Å². The Bertz CT molecular complexity index is 274. The number of aromatic nitrogens is 1. The number of nitrogens with zero attached hydrogens (tertiary/aromatic N) is 1. The number of hydrogen-bond donors (Lipinski definition) is 0. The maximum Gasteiger partial charge on any atom is 0.181 e. The van der Waals surface area contributed by atoms with Crippen molar-refractivity contribution in [1.82, 2.24) is 4.98 Å². The van der Waals surface area contributed by atoms with Crippen LogP contribution in [0.1, 0.15) is 66.3 Å². The predicted molar refractivity (Wildman–Crippen MR) is 72.5 cm³/mol. The lowest BCUT2D eigenvalue weighted by atomic mass is 10.1. The van der Waals surface area contributed by atoms with E-state index >= 15 is 0 Å². The van der Waals surface area contributed by atoms with Crippen LogP contribution in [0.15, 0.2) is 16.4 Å². The first-order chi connectivity index (χ1) is 7.77. The largest absolute Gasteiger partial charge is 0.448 e. The fourth-order valence-electron chi connectivity index (χ4n) is 0.997. The van der Waals surface area contributed by atoms with Gasteiger partial charge in [-0.05, 0) is 19.4 Å². The summed E-state index contributed by atoms with van der Waals surface area (Å²) in [6, 6.07) is 0. The van der Waals surface area contributed by atoms with E-state index in [2.05, 4.69) is 31.8 Å². The van der Waals surface area contributed by atoms with Gasteiger partial charge in [-0.3, -0.25) is 0 Å². The maximum absolute atomic E-state index is 5.20. The lowest BCUT2D eigenvalue weighted by Crippen LogP contribution is -1.82. The third-order valence-corrected chi connectivity index (χ3v) is 1.93. The van der Waals surface area contributed by atoms with Crippen LogP contribution in [0.25, 0.3) is 6.08 Å². The monoisotopic (exact) mass is 225 g/mol. The molecule has 1 aromatic heterocycles. The van der Waals surface area contributed by atoms with Crippen LogP contribution in [0.4, 0.5) is 0 Å². The molecule has 0 aliphatic rings. The summed E-state index contributed by atoms with van der Waals surface area (Å²) in [7, 11) is 0. The Morgan fingerprint density at radius 2 is 1.81 bits per heavy atom. The first kappa shape index (κ1) is 17.3. The molecule has 16 heavy (non-hydrogen) atoms. The first-order valence-corrected chi connectivity index (χ1v) is 6.37. The normalized spacial score (nSPS) is 9.81. The van der Waals surface area contributed by atoms with Gasteiger partial charge >= 0.3 is 0 Å². The van der Waals surface area contributed by atoms with Crippen molar-refractivity contribution in [1.29, 1.82) is 0 Å². The summed E-state index contributed by atoms with van der Waals surface area (Å²) in [4.78, 5) is 4.13. The van der Waals surface area contributed by atoms with E-state index in [1.165, 1.54) is 12.0 Å². The molecule has 0 N–H and O–H groups in total. The highest BCUT2D eigenvalue weighted by Gasteiger charge is 2.01. The minimum atomic E-state index is 0.906. The van der Waals surface area contributed by atoms with Crippen LogP contribution in [0.5, 0.6) is 0 Å². The molecule has 0 aliphatic heterocycles. The number of allylic oxidation sites excluding steroid dienone is 1. The fourth-order valence-corrected chi connectivity index (χ4v) is 0.997. The van der Waals surface area contributed by atoms with Crippen molar-refractivity contribution in [3.63, 3.8) is 0 Å². The first-order valence-electron chi connectivity index (χ1n) is 6.37. The Balaban J connectivity index is 0.